The van der Waals surface area contributed by atoms with E-state index in [9.17, 15) is 4.79 Å². The van der Waals surface area contributed by atoms with E-state index in [-0.39, 0.29) is 18.1 Å². The number of benzene rings is 2. The van der Waals surface area contributed by atoms with E-state index in [0.717, 1.165) is 5.56 Å². The summed E-state index contributed by atoms with van der Waals surface area (Å²) in [4.78, 5) is 14.9. The van der Waals surface area contributed by atoms with Gasteiger partial charge in [0.05, 0.1) is 26.9 Å². The van der Waals surface area contributed by atoms with Crippen molar-refractivity contribution in [2.45, 2.75) is 19.1 Å². The zero-order chi connectivity index (χ0) is 17.8. The molecule has 0 saturated carbocycles. The first-order valence-corrected chi connectivity index (χ1v) is 8.34. The minimum absolute atomic E-state index is 0.0473. The van der Waals surface area contributed by atoms with Gasteiger partial charge in [0.1, 0.15) is 17.6 Å². The van der Waals surface area contributed by atoms with Gasteiger partial charge in [-0.25, -0.2) is 0 Å². The molecule has 25 heavy (non-hydrogen) atoms. The lowest BCUT2D eigenvalue weighted by Crippen LogP contribution is -2.48. The minimum Gasteiger partial charge on any atom is -0.497 e. The van der Waals surface area contributed by atoms with Crippen LogP contribution in [0.3, 0.4) is 0 Å². The van der Waals surface area contributed by atoms with E-state index < -0.39 is 0 Å². The smallest absolute Gasteiger partial charge is 0.254 e. The standard InChI is InChI=1S/C20H23NO4/c1-14-19(15-7-5-4-6-8-15)25-10-9-21(14)20(22)16-11-17(23-2)13-18(12-16)24-3/h4-8,11-14,19H,9-10H2,1-3H3. The van der Waals surface area contributed by atoms with Gasteiger partial charge in [0.25, 0.3) is 5.91 Å². The lowest BCUT2D eigenvalue weighted by Gasteiger charge is -2.39. The molecule has 1 saturated heterocycles. The van der Waals surface area contributed by atoms with Crippen LogP contribution >= 0.6 is 0 Å². The molecule has 0 aliphatic carbocycles. The molecule has 0 bridgehead atoms. The van der Waals surface area contributed by atoms with E-state index in [4.69, 9.17) is 14.2 Å². The Morgan fingerprint density at radius 2 is 1.72 bits per heavy atom. The summed E-state index contributed by atoms with van der Waals surface area (Å²) < 4.78 is 16.5. The highest BCUT2D eigenvalue weighted by molar-refractivity contribution is 5.95. The normalized spacial score (nSPS) is 20.2. The van der Waals surface area contributed by atoms with Gasteiger partial charge in [0.15, 0.2) is 0 Å². The maximum Gasteiger partial charge on any atom is 0.254 e. The summed E-state index contributed by atoms with van der Waals surface area (Å²) in [7, 11) is 3.15. The van der Waals surface area contributed by atoms with Crippen molar-refractivity contribution in [3.05, 3.63) is 59.7 Å². The number of nitrogens with zero attached hydrogens (tertiary/aromatic N) is 1. The number of methoxy groups -OCH3 is 2. The van der Waals surface area contributed by atoms with Crippen LogP contribution in [-0.2, 0) is 4.74 Å². The Morgan fingerprint density at radius 1 is 1.08 bits per heavy atom. The SMILES string of the molecule is COc1cc(OC)cc(C(=O)N2CCOC(c3ccccc3)C2C)c1. The average molecular weight is 341 g/mol. The predicted molar refractivity (Wildman–Crippen MR) is 95.2 cm³/mol. The van der Waals surface area contributed by atoms with Gasteiger partial charge in [-0.2, -0.15) is 0 Å². The van der Waals surface area contributed by atoms with Gasteiger partial charge < -0.3 is 19.1 Å². The van der Waals surface area contributed by atoms with Gasteiger partial charge in [0.2, 0.25) is 0 Å². The summed E-state index contributed by atoms with van der Waals surface area (Å²) in [6, 6.07) is 15.2. The van der Waals surface area contributed by atoms with Gasteiger partial charge in [-0.05, 0) is 24.6 Å². The van der Waals surface area contributed by atoms with Crippen LogP contribution in [0.4, 0.5) is 0 Å². The van der Waals surface area contributed by atoms with Crippen LogP contribution in [0.1, 0.15) is 28.9 Å². The molecule has 2 aromatic carbocycles. The number of carbonyl (C=O) groups excluding carboxylic acids is 1. The summed E-state index contributed by atoms with van der Waals surface area (Å²) in [6.45, 7) is 3.09. The van der Waals surface area contributed by atoms with E-state index in [0.29, 0.717) is 30.2 Å². The summed E-state index contributed by atoms with van der Waals surface area (Å²) in [5.41, 5.74) is 1.63. The minimum atomic E-state index is -0.133. The molecule has 1 heterocycles. The monoisotopic (exact) mass is 341 g/mol. The highest BCUT2D eigenvalue weighted by Crippen LogP contribution is 2.30. The second kappa shape index (κ2) is 7.57. The summed E-state index contributed by atoms with van der Waals surface area (Å²) in [6.07, 6.45) is -0.133. The third kappa shape index (κ3) is 3.61. The molecule has 0 spiro atoms. The molecule has 2 unspecified atom stereocenters. The second-order valence-corrected chi connectivity index (χ2v) is 6.04. The largest absolute Gasteiger partial charge is 0.497 e. The number of rotatable bonds is 4. The van der Waals surface area contributed by atoms with Crippen molar-refractivity contribution in [2.75, 3.05) is 27.4 Å². The van der Waals surface area contributed by atoms with Crippen LogP contribution in [0.5, 0.6) is 11.5 Å². The molecular weight excluding hydrogens is 318 g/mol. The van der Waals surface area contributed by atoms with Crippen molar-refractivity contribution in [3.63, 3.8) is 0 Å². The molecule has 0 N–H and O–H groups in total. The molecule has 1 fully saturated rings. The van der Waals surface area contributed by atoms with Crippen LogP contribution in [0.25, 0.3) is 0 Å². The first-order chi connectivity index (χ1) is 12.1. The molecule has 1 amide bonds. The maximum atomic E-state index is 13.1. The Morgan fingerprint density at radius 3 is 2.32 bits per heavy atom. The molecule has 0 aromatic heterocycles. The van der Waals surface area contributed by atoms with Crippen LogP contribution in [0, 0.1) is 0 Å². The first-order valence-electron chi connectivity index (χ1n) is 8.34. The molecule has 5 nitrogen and oxygen atoms in total. The molecule has 1 aliphatic heterocycles. The van der Waals surface area contributed by atoms with Crippen LogP contribution in [0.2, 0.25) is 0 Å². The van der Waals surface area contributed by atoms with Crippen molar-refractivity contribution in [1.29, 1.82) is 0 Å². The molecular formula is C20H23NO4. The fourth-order valence-electron chi connectivity index (χ4n) is 3.19. The van der Waals surface area contributed by atoms with Crippen molar-refractivity contribution >= 4 is 5.91 Å². The molecule has 5 heteroatoms. The number of carbonyl (C=O) groups is 1. The van der Waals surface area contributed by atoms with Gasteiger partial charge in [-0.15, -0.1) is 0 Å². The van der Waals surface area contributed by atoms with E-state index >= 15 is 0 Å². The lowest BCUT2D eigenvalue weighted by atomic mass is 9.99. The van der Waals surface area contributed by atoms with E-state index in [2.05, 4.69) is 0 Å². The average Bonchev–Trinajstić information content (AvgIpc) is 2.67. The topological polar surface area (TPSA) is 48.0 Å². The molecule has 2 atom stereocenters. The molecule has 132 valence electrons. The fourth-order valence-corrected chi connectivity index (χ4v) is 3.19. The third-order valence-electron chi connectivity index (χ3n) is 4.55. The Kier molecular flexibility index (Phi) is 5.24. The van der Waals surface area contributed by atoms with E-state index in [1.165, 1.54) is 0 Å². The Hall–Kier alpha value is -2.53. The highest BCUT2D eigenvalue weighted by atomic mass is 16.5. The van der Waals surface area contributed by atoms with Gasteiger partial charge in [-0.3, -0.25) is 4.79 Å². The fraction of sp³-hybridized carbons (Fsp3) is 0.350. The molecule has 3 rings (SSSR count). The van der Waals surface area contributed by atoms with Crippen LogP contribution in [0.15, 0.2) is 48.5 Å². The Labute approximate surface area is 148 Å². The summed E-state index contributed by atoms with van der Waals surface area (Å²) in [5.74, 6) is 1.15. The molecule has 1 aliphatic rings. The third-order valence-corrected chi connectivity index (χ3v) is 4.55. The predicted octanol–water partition coefficient (Wildman–Crippen LogP) is 3.31. The van der Waals surface area contributed by atoms with Crippen molar-refractivity contribution in [2.24, 2.45) is 0 Å². The Balaban J connectivity index is 1.86. The van der Waals surface area contributed by atoms with Gasteiger partial charge in [-0.1, -0.05) is 30.3 Å². The van der Waals surface area contributed by atoms with Crippen LogP contribution in [-0.4, -0.2) is 44.2 Å². The van der Waals surface area contributed by atoms with Gasteiger partial charge in [0, 0.05) is 18.2 Å². The highest BCUT2D eigenvalue weighted by Gasteiger charge is 2.33. The Bertz CT molecular complexity index is 709. The zero-order valence-corrected chi connectivity index (χ0v) is 14.8. The lowest BCUT2D eigenvalue weighted by molar-refractivity contribution is -0.0551. The second-order valence-electron chi connectivity index (χ2n) is 6.04. The molecule has 2 aromatic rings. The number of amides is 1. The van der Waals surface area contributed by atoms with Crippen molar-refractivity contribution in [3.8, 4) is 11.5 Å². The number of hydrogen-bond donors (Lipinski definition) is 0. The van der Waals surface area contributed by atoms with E-state index in [1.54, 1.807) is 32.4 Å². The first kappa shape index (κ1) is 17.3. The zero-order valence-electron chi connectivity index (χ0n) is 14.8. The summed E-state index contributed by atoms with van der Waals surface area (Å²) in [5, 5.41) is 0. The van der Waals surface area contributed by atoms with E-state index in [1.807, 2.05) is 42.2 Å². The van der Waals surface area contributed by atoms with Crippen LogP contribution < -0.4 is 9.47 Å². The maximum absolute atomic E-state index is 13.1. The number of ether oxygens (including phenoxy) is 3. The van der Waals surface area contributed by atoms with Crippen molar-refractivity contribution in [1.82, 2.24) is 4.90 Å². The number of morpholine rings is 1. The quantitative estimate of drug-likeness (QED) is 0.856. The van der Waals surface area contributed by atoms with Crippen molar-refractivity contribution < 1.29 is 19.0 Å². The summed E-state index contributed by atoms with van der Waals surface area (Å²) >= 11 is 0. The van der Waals surface area contributed by atoms with Gasteiger partial charge >= 0.3 is 0 Å². The molecule has 0 radical (unpaired) electrons. The number of hydrogen-bond acceptors (Lipinski definition) is 4.